The van der Waals surface area contributed by atoms with Crippen LogP contribution in [0.15, 0.2) is 0 Å². The minimum atomic E-state index is -3.17. The van der Waals surface area contributed by atoms with Gasteiger partial charge in [-0.3, -0.25) is 4.79 Å². The van der Waals surface area contributed by atoms with Crippen molar-refractivity contribution < 1.29 is 18.3 Å². The molecule has 2 atom stereocenters. The van der Waals surface area contributed by atoms with E-state index in [1.807, 2.05) is 0 Å². The number of sulfone groups is 1. The van der Waals surface area contributed by atoms with E-state index in [0.29, 0.717) is 0 Å². The molecule has 0 aromatic rings. The molecule has 1 amide bonds. The number of rotatable bonds is 2. The molecule has 0 spiro atoms. The summed E-state index contributed by atoms with van der Waals surface area (Å²) in [5, 5.41) is 12.1. The second-order valence-corrected chi connectivity index (χ2v) is 6.54. The van der Waals surface area contributed by atoms with Crippen molar-refractivity contribution in [1.82, 2.24) is 5.32 Å². The van der Waals surface area contributed by atoms with Crippen LogP contribution in [0.1, 0.15) is 19.3 Å². The number of amides is 1. The van der Waals surface area contributed by atoms with Gasteiger partial charge in [-0.25, -0.2) is 8.42 Å². The van der Waals surface area contributed by atoms with Gasteiger partial charge >= 0.3 is 0 Å². The second-order valence-electron chi connectivity index (χ2n) is 4.39. The molecule has 0 bridgehead atoms. The standard InChI is InChI=1S/C9H15NO4S/c11-8-5-15(13,14)4-7(8)10-9(12)6-2-1-3-6/h6-8,11H,1-5H2,(H,10,12)/t7-,8+/m1/s1. The van der Waals surface area contributed by atoms with Gasteiger partial charge in [-0.05, 0) is 12.8 Å². The first-order valence-corrected chi connectivity index (χ1v) is 6.99. The lowest BCUT2D eigenvalue weighted by Gasteiger charge is -2.26. The molecule has 2 N–H and O–H groups in total. The van der Waals surface area contributed by atoms with Gasteiger partial charge in [-0.1, -0.05) is 6.42 Å². The van der Waals surface area contributed by atoms with Gasteiger partial charge in [0.05, 0.1) is 23.7 Å². The van der Waals surface area contributed by atoms with Crippen molar-refractivity contribution in [3.63, 3.8) is 0 Å². The average molecular weight is 233 g/mol. The third kappa shape index (κ3) is 2.31. The maximum Gasteiger partial charge on any atom is 0.223 e. The van der Waals surface area contributed by atoms with E-state index in [0.717, 1.165) is 19.3 Å². The van der Waals surface area contributed by atoms with Crippen LogP contribution in [-0.4, -0.2) is 43.1 Å². The second kappa shape index (κ2) is 3.75. The van der Waals surface area contributed by atoms with Gasteiger partial charge < -0.3 is 10.4 Å². The molecular formula is C9H15NO4S. The topological polar surface area (TPSA) is 83.5 Å². The molecule has 1 saturated heterocycles. The molecule has 6 heteroatoms. The predicted molar refractivity (Wildman–Crippen MR) is 53.9 cm³/mol. The molecule has 2 fully saturated rings. The third-order valence-electron chi connectivity index (χ3n) is 3.13. The first kappa shape index (κ1) is 10.9. The summed E-state index contributed by atoms with van der Waals surface area (Å²) in [6.07, 6.45) is 1.87. The highest BCUT2D eigenvalue weighted by atomic mass is 32.2. The van der Waals surface area contributed by atoms with E-state index in [-0.39, 0.29) is 23.3 Å². The quantitative estimate of drug-likeness (QED) is 0.645. The summed E-state index contributed by atoms with van der Waals surface area (Å²) in [6.45, 7) is 0. The van der Waals surface area contributed by atoms with Crippen LogP contribution < -0.4 is 5.32 Å². The van der Waals surface area contributed by atoms with Crippen molar-refractivity contribution in [2.24, 2.45) is 5.92 Å². The fourth-order valence-electron chi connectivity index (χ4n) is 1.94. The molecular weight excluding hydrogens is 218 g/mol. The van der Waals surface area contributed by atoms with Gasteiger partial charge in [0.15, 0.2) is 9.84 Å². The van der Waals surface area contributed by atoms with E-state index < -0.39 is 22.0 Å². The highest BCUT2D eigenvalue weighted by molar-refractivity contribution is 7.91. The highest BCUT2D eigenvalue weighted by Gasteiger charge is 2.38. The number of carbonyl (C=O) groups is 1. The summed E-state index contributed by atoms with van der Waals surface area (Å²) in [4.78, 5) is 11.5. The van der Waals surface area contributed by atoms with Crippen LogP contribution in [0.3, 0.4) is 0 Å². The van der Waals surface area contributed by atoms with Gasteiger partial charge in [0.1, 0.15) is 0 Å². The van der Waals surface area contributed by atoms with E-state index in [2.05, 4.69) is 5.32 Å². The minimum absolute atomic E-state index is 0.0282. The number of hydrogen-bond acceptors (Lipinski definition) is 4. The van der Waals surface area contributed by atoms with Gasteiger partial charge in [0.25, 0.3) is 0 Å². The van der Waals surface area contributed by atoms with Crippen LogP contribution in [0, 0.1) is 5.92 Å². The van der Waals surface area contributed by atoms with Crippen molar-refractivity contribution in [1.29, 1.82) is 0 Å². The Hall–Kier alpha value is -0.620. The molecule has 0 unspecified atom stereocenters. The number of hydrogen-bond donors (Lipinski definition) is 2. The Balaban J connectivity index is 1.92. The predicted octanol–water partition coefficient (Wildman–Crippen LogP) is -0.939. The Morgan fingerprint density at radius 1 is 1.27 bits per heavy atom. The lowest BCUT2D eigenvalue weighted by Crippen LogP contribution is -2.46. The van der Waals surface area contributed by atoms with Crippen molar-refractivity contribution in [3.05, 3.63) is 0 Å². The normalized spacial score (nSPS) is 34.7. The fraction of sp³-hybridized carbons (Fsp3) is 0.889. The number of carbonyl (C=O) groups excluding carboxylic acids is 1. The Labute approximate surface area is 88.8 Å². The lowest BCUT2D eigenvalue weighted by atomic mass is 9.84. The molecule has 2 aliphatic rings. The summed E-state index contributed by atoms with van der Waals surface area (Å²) in [6, 6.07) is -0.608. The van der Waals surface area contributed by atoms with Crippen molar-refractivity contribution in [2.75, 3.05) is 11.5 Å². The summed E-state index contributed by atoms with van der Waals surface area (Å²) in [7, 11) is -3.17. The molecule has 1 aliphatic carbocycles. The van der Waals surface area contributed by atoms with Crippen LogP contribution >= 0.6 is 0 Å². The summed E-state index contributed by atoms with van der Waals surface area (Å²) < 4.78 is 22.3. The molecule has 1 heterocycles. The molecule has 15 heavy (non-hydrogen) atoms. The van der Waals surface area contributed by atoms with Crippen LogP contribution in [0.25, 0.3) is 0 Å². The minimum Gasteiger partial charge on any atom is -0.390 e. The number of aliphatic hydroxyl groups excluding tert-OH is 1. The maximum absolute atomic E-state index is 11.5. The first-order chi connectivity index (χ1) is 6.98. The zero-order valence-electron chi connectivity index (χ0n) is 8.35. The number of nitrogens with one attached hydrogen (secondary N) is 1. The van der Waals surface area contributed by atoms with E-state index in [9.17, 15) is 18.3 Å². The van der Waals surface area contributed by atoms with Crippen LogP contribution in [0.2, 0.25) is 0 Å². The maximum atomic E-state index is 11.5. The van der Waals surface area contributed by atoms with Crippen LogP contribution in [-0.2, 0) is 14.6 Å². The Bertz CT molecular complexity index is 360. The molecule has 1 saturated carbocycles. The van der Waals surface area contributed by atoms with Crippen molar-refractivity contribution >= 4 is 15.7 Å². The van der Waals surface area contributed by atoms with E-state index in [1.54, 1.807) is 0 Å². The third-order valence-corrected chi connectivity index (χ3v) is 4.84. The first-order valence-electron chi connectivity index (χ1n) is 5.17. The molecule has 2 rings (SSSR count). The SMILES string of the molecule is O=C(N[C@@H]1CS(=O)(=O)C[C@@H]1O)C1CCC1. The molecule has 0 aromatic carbocycles. The zero-order valence-corrected chi connectivity index (χ0v) is 9.16. The van der Waals surface area contributed by atoms with Crippen molar-refractivity contribution in [2.45, 2.75) is 31.4 Å². The molecule has 5 nitrogen and oxygen atoms in total. The largest absolute Gasteiger partial charge is 0.390 e. The monoisotopic (exact) mass is 233 g/mol. The fourth-order valence-corrected chi connectivity index (χ4v) is 3.68. The Kier molecular flexibility index (Phi) is 2.72. The lowest BCUT2D eigenvalue weighted by molar-refractivity contribution is -0.128. The highest BCUT2D eigenvalue weighted by Crippen LogP contribution is 2.26. The van der Waals surface area contributed by atoms with Crippen molar-refractivity contribution in [3.8, 4) is 0 Å². The van der Waals surface area contributed by atoms with E-state index in [1.165, 1.54) is 0 Å². The Morgan fingerprint density at radius 3 is 2.33 bits per heavy atom. The van der Waals surface area contributed by atoms with Gasteiger partial charge in [-0.2, -0.15) is 0 Å². The zero-order chi connectivity index (χ0) is 11.1. The van der Waals surface area contributed by atoms with Crippen LogP contribution in [0.5, 0.6) is 0 Å². The number of aliphatic hydroxyl groups is 1. The molecule has 86 valence electrons. The van der Waals surface area contributed by atoms with Gasteiger partial charge in [0, 0.05) is 5.92 Å². The van der Waals surface area contributed by atoms with Crippen LogP contribution in [0.4, 0.5) is 0 Å². The Morgan fingerprint density at radius 2 is 1.93 bits per heavy atom. The summed E-state index contributed by atoms with van der Waals surface area (Å²) in [5.74, 6) is -0.446. The van der Waals surface area contributed by atoms with E-state index >= 15 is 0 Å². The molecule has 0 radical (unpaired) electrons. The van der Waals surface area contributed by atoms with E-state index in [4.69, 9.17) is 0 Å². The van der Waals surface area contributed by atoms with Gasteiger partial charge in [0.2, 0.25) is 5.91 Å². The molecule has 0 aromatic heterocycles. The smallest absolute Gasteiger partial charge is 0.223 e. The summed E-state index contributed by atoms with van der Waals surface area (Å²) >= 11 is 0. The average Bonchev–Trinajstić information content (AvgIpc) is 2.20. The molecule has 1 aliphatic heterocycles. The van der Waals surface area contributed by atoms with Gasteiger partial charge in [-0.15, -0.1) is 0 Å². The summed E-state index contributed by atoms with van der Waals surface area (Å²) in [5.41, 5.74) is 0.